The van der Waals surface area contributed by atoms with Crippen LogP contribution in [-0.2, 0) is 13.1 Å². The summed E-state index contributed by atoms with van der Waals surface area (Å²) < 4.78 is 8.23. The molecule has 3 aromatic rings. The van der Waals surface area contributed by atoms with Gasteiger partial charge in [0.1, 0.15) is 11.5 Å². The molecule has 182 valence electrons. The number of nitrogens with zero attached hydrogens (tertiary/aromatic N) is 3. The molecule has 3 rings (SSSR count). The maximum atomic E-state index is 13.0. The molecular formula is C26H28ClN5O3. The number of nitrogens with two attached hydrogens (primary N) is 1. The van der Waals surface area contributed by atoms with E-state index < -0.39 is 11.4 Å². The first kappa shape index (κ1) is 25.7. The van der Waals surface area contributed by atoms with Crippen molar-refractivity contribution in [2.75, 3.05) is 11.9 Å². The van der Waals surface area contributed by atoms with E-state index in [9.17, 15) is 9.59 Å². The minimum atomic E-state index is -0.617. The normalized spacial score (nSPS) is 11.6. The van der Waals surface area contributed by atoms with Crippen molar-refractivity contribution in [2.45, 2.75) is 26.9 Å². The highest BCUT2D eigenvalue weighted by atomic mass is 35.5. The molecule has 0 aliphatic rings. The number of halogens is 1. The van der Waals surface area contributed by atoms with E-state index >= 15 is 0 Å². The number of rotatable bonds is 10. The molecule has 35 heavy (non-hydrogen) atoms. The van der Waals surface area contributed by atoms with Gasteiger partial charge < -0.3 is 15.8 Å². The first-order valence-corrected chi connectivity index (χ1v) is 11.5. The summed E-state index contributed by atoms with van der Waals surface area (Å²) >= 11 is 5.98. The number of nitrogens with one attached hydrogen (secondary N) is 1. The molecule has 0 bridgehead atoms. The van der Waals surface area contributed by atoms with Gasteiger partial charge in [0.15, 0.2) is 0 Å². The minimum absolute atomic E-state index is 0.140. The number of benzene rings is 2. The number of anilines is 2. The molecule has 3 N–H and O–H groups in total. The van der Waals surface area contributed by atoms with Gasteiger partial charge in [0.05, 0.1) is 6.54 Å². The molecular weight excluding hydrogens is 466 g/mol. The third-order valence-corrected chi connectivity index (χ3v) is 5.42. The van der Waals surface area contributed by atoms with Crippen LogP contribution < -0.4 is 27.2 Å². The van der Waals surface area contributed by atoms with Crippen molar-refractivity contribution in [3.8, 4) is 5.75 Å². The third kappa shape index (κ3) is 6.81. The second-order valence-electron chi connectivity index (χ2n) is 7.58. The number of aromatic nitrogens is 3. The molecule has 0 saturated carbocycles. The van der Waals surface area contributed by atoms with Gasteiger partial charge in [-0.15, -0.1) is 0 Å². The lowest BCUT2D eigenvalue weighted by Crippen LogP contribution is -2.42. The van der Waals surface area contributed by atoms with Gasteiger partial charge >= 0.3 is 11.4 Å². The summed E-state index contributed by atoms with van der Waals surface area (Å²) in [5, 5.41) is 3.67. The summed E-state index contributed by atoms with van der Waals surface area (Å²) in [7, 11) is 0. The Morgan fingerprint density at radius 1 is 1.11 bits per heavy atom. The van der Waals surface area contributed by atoms with Crippen molar-refractivity contribution in [1.82, 2.24) is 14.1 Å². The van der Waals surface area contributed by atoms with Crippen LogP contribution in [0.15, 0.2) is 94.3 Å². The molecule has 0 aliphatic carbocycles. The van der Waals surface area contributed by atoms with Crippen LogP contribution >= 0.6 is 11.6 Å². The lowest BCUT2D eigenvalue weighted by molar-refractivity contribution is 0.447. The summed E-state index contributed by atoms with van der Waals surface area (Å²) in [6.45, 7) is 8.39. The summed E-state index contributed by atoms with van der Waals surface area (Å²) in [5.41, 5.74) is 7.02. The van der Waals surface area contributed by atoms with Gasteiger partial charge in [0, 0.05) is 23.8 Å². The van der Waals surface area contributed by atoms with Gasteiger partial charge in [0.25, 0.3) is 0 Å². The highest BCUT2D eigenvalue weighted by Crippen LogP contribution is 2.20. The molecule has 0 unspecified atom stereocenters. The van der Waals surface area contributed by atoms with Crippen LogP contribution in [0.4, 0.5) is 11.6 Å². The largest absolute Gasteiger partial charge is 0.458 e. The Morgan fingerprint density at radius 3 is 2.40 bits per heavy atom. The third-order valence-electron chi connectivity index (χ3n) is 5.17. The SMILES string of the molecule is C=C(/C=C\C(=C/C)CN)Oc1ccc(Nc2nc(=O)n(CC)c(=O)n2Cc2ccc(Cl)cc2)cc1. The molecule has 0 saturated heterocycles. The highest BCUT2D eigenvalue weighted by Gasteiger charge is 2.13. The van der Waals surface area contributed by atoms with E-state index in [4.69, 9.17) is 22.1 Å². The molecule has 0 amide bonds. The second-order valence-corrected chi connectivity index (χ2v) is 8.01. The highest BCUT2D eigenvalue weighted by molar-refractivity contribution is 6.30. The molecule has 9 heteroatoms. The molecule has 1 heterocycles. The Balaban J connectivity index is 1.82. The summed E-state index contributed by atoms with van der Waals surface area (Å²) in [6.07, 6.45) is 5.52. The molecule has 0 aliphatic heterocycles. The van der Waals surface area contributed by atoms with E-state index in [0.29, 0.717) is 28.8 Å². The van der Waals surface area contributed by atoms with Crippen LogP contribution in [0, 0.1) is 0 Å². The van der Waals surface area contributed by atoms with Crippen molar-refractivity contribution in [3.05, 3.63) is 116 Å². The average Bonchev–Trinajstić information content (AvgIpc) is 2.85. The van der Waals surface area contributed by atoms with Gasteiger partial charge in [-0.1, -0.05) is 42.5 Å². The van der Waals surface area contributed by atoms with Crippen molar-refractivity contribution >= 4 is 23.2 Å². The smallest absolute Gasteiger partial charge is 0.354 e. The zero-order valence-corrected chi connectivity index (χ0v) is 20.5. The predicted molar refractivity (Wildman–Crippen MR) is 140 cm³/mol. The average molecular weight is 494 g/mol. The quantitative estimate of drug-likeness (QED) is 0.323. The number of allylic oxidation sites excluding steroid dienone is 2. The Labute approximate surface area is 208 Å². The molecule has 0 radical (unpaired) electrons. The summed E-state index contributed by atoms with van der Waals surface area (Å²) in [4.78, 5) is 29.5. The van der Waals surface area contributed by atoms with Crippen LogP contribution in [0.2, 0.25) is 5.02 Å². The molecule has 1 aromatic heterocycles. The Kier molecular flexibility index (Phi) is 8.83. The Hall–Kier alpha value is -3.88. The van der Waals surface area contributed by atoms with Crippen LogP contribution in [0.1, 0.15) is 19.4 Å². The molecule has 8 nitrogen and oxygen atoms in total. The first-order chi connectivity index (χ1) is 16.8. The van der Waals surface area contributed by atoms with E-state index in [0.717, 1.165) is 15.7 Å². The van der Waals surface area contributed by atoms with E-state index in [-0.39, 0.29) is 19.0 Å². The van der Waals surface area contributed by atoms with Crippen molar-refractivity contribution < 1.29 is 4.74 Å². The van der Waals surface area contributed by atoms with Gasteiger partial charge in [-0.2, -0.15) is 4.98 Å². The first-order valence-electron chi connectivity index (χ1n) is 11.1. The van der Waals surface area contributed by atoms with Gasteiger partial charge in [-0.3, -0.25) is 4.57 Å². The van der Waals surface area contributed by atoms with E-state index in [1.165, 1.54) is 4.57 Å². The van der Waals surface area contributed by atoms with Crippen LogP contribution in [-0.4, -0.2) is 20.7 Å². The fourth-order valence-electron chi connectivity index (χ4n) is 3.21. The Morgan fingerprint density at radius 2 is 1.80 bits per heavy atom. The number of hydrogen-bond donors (Lipinski definition) is 2. The fraction of sp³-hybridized carbons (Fsp3) is 0.192. The van der Waals surface area contributed by atoms with Crippen molar-refractivity contribution in [1.29, 1.82) is 0 Å². The predicted octanol–water partition coefficient (Wildman–Crippen LogP) is 4.22. The minimum Gasteiger partial charge on any atom is -0.458 e. The zero-order chi connectivity index (χ0) is 25.4. The van der Waals surface area contributed by atoms with Crippen molar-refractivity contribution in [3.63, 3.8) is 0 Å². The van der Waals surface area contributed by atoms with E-state index in [2.05, 4.69) is 16.9 Å². The van der Waals surface area contributed by atoms with Gasteiger partial charge in [-0.05, 0) is 67.5 Å². The van der Waals surface area contributed by atoms with Crippen LogP contribution in [0.3, 0.4) is 0 Å². The maximum Gasteiger partial charge on any atom is 0.354 e. The number of ether oxygens (including phenoxy) is 1. The lowest BCUT2D eigenvalue weighted by Gasteiger charge is -2.15. The van der Waals surface area contributed by atoms with Gasteiger partial charge in [0.2, 0.25) is 5.95 Å². The Bertz CT molecular complexity index is 1350. The topological polar surface area (TPSA) is 104 Å². The van der Waals surface area contributed by atoms with Crippen molar-refractivity contribution in [2.24, 2.45) is 5.73 Å². The standard InChI is InChI=1S/C26H28ClN5O3/c1-4-19(16-28)7-6-18(3)35-23-14-12-22(13-15-23)29-24-30-25(33)31(5-2)26(34)32(24)17-20-8-10-21(27)11-9-20/h4,6-15H,3,5,16-17,28H2,1-2H3,(H,29,30,33)/b7-6-,19-4+. The van der Waals surface area contributed by atoms with Gasteiger partial charge in [-0.25, -0.2) is 14.2 Å². The lowest BCUT2D eigenvalue weighted by atomic mass is 10.2. The molecule has 0 fully saturated rings. The monoisotopic (exact) mass is 493 g/mol. The molecule has 2 aromatic carbocycles. The molecule has 0 atom stereocenters. The van der Waals surface area contributed by atoms with Crippen LogP contribution in [0.5, 0.6) is 5.75 Å². The van der Waals surface area contributed by atoms with E-state index in [1.807, 2.05) is 31.2 Å². The van der Waals surface area contributed by atoms with Crippen LogP contribution in [0.25, 0.3) is 0 Å². The number of hydrogen-bond acceptors (Lipinski definition) is 6. The summed E-state index contributed by atoms with van der Waals surface area (Å²) in [5.74, 6) is 1.18. The zero-order valence-electron chi connectivity index (χ0n) is 19.7. The maximum absolute atomic E-state index is 13.0. The molecule has 0 spiro atoms. The second kappa shape index (κ2) is 12.0. The van der Waals surface area contributed by atoms with E-state index in [1.54, 1.807) is 49.4 Å². The summed E-state index contributed by atoms with van der Waals surface area (Å²) in [6, 6.07) is 14.1. The fourth-order valence-corrected chi connectivity index (χ4v) is 3.34.